The molecule has 2 saturated heterocycles. The van der Waals surface area contributed by atoms with Gasteiger partial charge in [0.2, 0.25) is 5.91 Å². The predicted molar refractivity (Wildman–Crippen MR) is 86.3 cm³/mol. The molecule has 0 saturated carbocycles. The normalized spacial score (nSPS) is 21.9. The number of ether oxygens (including phenoxy) is 2. The zero-order valence-corrected chi connectivity index (χ0v) is 13.3. The maximum Gasteiger partial charge on any atom is 0.221 e. The number of carbonyl (C=O) groups is 1. The van der Waals surface area contributed by atoms with E-state index in [0.29, 0.717) is 19.6 Å². The number of nitrogens with one attached hydrogen (secondary N) is 2. The Hall–Kier alpha value is -1.70. The highest BCUT2D eigenvalue weighted by atomic mass is 16.5. The molecule has 7 heteroatoms. The molecule has 0 spiro atoms. The zero-order chi connectivity index (χ0) is 15.9. The van der Waals surface area contributed by atoms with Gasteiger partial charge in [-0.1, -0.05) is 6.07 Å². The van der Waals surface area contributed by atoms with Crippen molar-refractivity contribution in [2.24, 2.45) is 0 Å². The average molecular weight is 320 g/mol. The molecule has 2 aliphatic rings. The Kier molecular flexibility index (Phi) is 5.79. The van der Waals surface area contributed by atoms with E-state index in [0.717, 1.165) is 50.8 Å². The van der Waals surface area contributed by atoms with E-state index in [1.54, 1.807) is 0 Å². The second kappa shape index (κ2) is 8.24. The first-order valence-corrected chi connectivity index (χ1v) is 8.17. The number of hydrogen-bond donors (Lipinski definition) is 2. The summed E-state index contributed by atoms with van der Waals surface area (Å²) in [7, 11) is 0. The van der Waals surface area contributed by atoms with Crippen LogP contribution in [0, 0.1) is 0 Å². The Labute approximate surface area is 136 Å². The van der Waals surface area contributed by atoms with Crippen LogP contribution in [-0.4, -0.2) is 63.0 Å². The second-order valence-corrected chi connectivity index (χ2v) is 5.83. The maximum atomic E-state index is 11.9. The van der Waals surface area contributed by atoms with Gasteiger partial charge < -0.3 is 25.0 Å². The Bertz CT molecular complexity index is 497. The number of hydrogen-bond acceptors (Lipinski definition) is 6. The van der Waals surface area contributed by atoms with Crippen molar-refractivity contribution in [1.82, 2.24) is 15.6 Å². The quantitative estimate of drug-likeness (QED) is 0.790. The first kappa shape index (κ1) is 16.2. The van der Waals surface area contributed by atoms with Crippen LogP contribution in [0.5, 0.6) is 0 Å². The summed E-state index contributed by atoms with van der Waals surface area (Å²) in [6.45, 7) is 5.88. The van der Waals surface area contributed by atoms with Crippen LogP contribution in [-0.2, 0) is 20.8 Å². The van der Waals surface area contributed by atoms with Gasteiger partial charge in [-0.2, -0.15) is 0 Å². The maximum absolute atomic E-state index is 11.9. The third-order valence-electron chi connectivity index (χ3n) is 4.06. The summed E-state index contributed by atoms with van der Waals surface area (Å²) in [5.74, 6) is 0.997. The van der Waals surface area contributed by atoms with Crippen LogP contribution in [0.3, 0.4) is 0 Å². The van der Waals surface area contributed by atoms with Gasteiger partial charge in [0, 0.05) is 44.8 Å². The van der Waals surface area contributed by atoms with Crippen LogP contribution >= 0.6 is 0 Å². The third kappa shape index (κ3) is 4.89. The summed E-state index contributed by atoms with van der Waals surface area (Å²) in [6.07, 6.45) is 2.27. The number of pyridine rings is 1. The minimum absolute atomic E-state index is 0.0326. The van der Waals surface area contributed by atoms with Crippen molar-refractivity contribution in [3.8, 4) is 0 Å². The molecule has 126 valence electrons. The molecule has 7 nitrogen and oxygen atoms in total. The van der Waals surface area contributed by atoms with E-state index in [4.69, 9.17) is 9.47 Å². The average Bonchev–Trinajstić information content (AvgIpc) is 2.62. The first-order chi connectivity index (χ1) is 11.3. The number of amides is 1. The lowest BCUT2D eigenvalue weighted by Gasteiger charge is -2.27. The molecule has 1 aromatic rings. The third-order valence-corrected chi connectivity index (χ3v) is 4.06. The minimum Gasteiger partial charge on any atom is -0.378 e. The van der Waals surface area contributed by atoms with Crippen LogP contribution in [0.4, 0.5) is 5.82 Å². The number of nitrogens with zero attached hydrogens (tertiary/aromatic N) is 2. The Morgan fingerprint density at radius 1 is 1.30 bits per heavy atom. The number of anilines is 1. The molecule has 2 N–H and O–H groups in total. The van der Waals surface area contributed by atoms with Crippen molar-refractivity contribution in [2.45, 2.75) is 19.0 Å². The SMILES string of the molecule is O=C(CC1COCCN1)NCc1ccc(N2CCOCC2)nc1. The van der Waals surface area contributed by atoms with E-state index in [1.165, 1.54) is 0 Å². The van der Waals surface area contributed by atoms with Crippen molar-refractivity contribution in [2.75, 3.05) is 51.0 Å². The minimum atomic E-state index is 0.0326. The Morgan fingerprint density at radius 2 is 2.17 bits per heavy atom. The lowest BCUT2D eigenvalue weighted by atomic mass is 10.2. The van der Waals surface area contributed by atoms with Gasteiger partial charge in [0.1, 0.15) is 5.82 Å². The summed E-state index contributed by atoms with van der Waals surface area (Å²) in [6, 6.07) is 4.13. The van der Waals surface area contributed by atoms with E-state index in [1.807, 2.05) is 18.3 Å². The summed E-state index contributed by atoms with van der Waals surface area (Å²) >= 11 is 0. The van der Waals surface area contributed by atoms with Crippen molar-refractivity contribution < 1.29 is 14.3 Å². The second-order valence-electron chi connectivity index (χ2n) is 5.83. The van der Waals surface area contributed by atoms with Gasteiger partial charge in [-0.15, -0.1) is 0 Å². The van der Waals surface area contributed by atoms with Gasteiger partial charge in [-0.05, 0) is 11.6 Å². The number of aromatic nitrogens is 1. The number of morpholine rings is 2. The van der Waals surface area contributed by atoms with Crippen LogP contribution in [0.2, 0.25) is 0 Å². The van der Waals surface area contributed by atoms with E-state index >= 15 is 0 Å². The number of carbonyl (C=O) groups excluding carboxylic acids is 1. The van der Waals surface area contributed by atoms with Crippen molar-refractivity contribution >= 4 is 11.7 Å². The largest absolute Gasteiger partial charge is 0.378 e. The monoisotopic (exact) mass is 320 g/mol. The highest BCUT2D eigenvalue weighted by molar-refractivity contribution is 5.76. The van der Waals surface area contributed by atoms with E-state index in [-0.39, 0.29) is 11.9 Å². The molecule has 3 heterocycles. The summed E-state index contributed by atoms with van der Waals surface area (Å²) in [4.78, 5) is 18.6. The molecule has 0 radical (unpaired) electrons. The van der Waals surface area contributed by atoms with Crippen LogP contribution in [0.1, 0.15) is 12.0 Å². The van der Waals surface area contributed by atoms with Crippen LogP contribution < -0.4 is 15.5 Å². The molecule has 1 atom stereocenters. The molecule has 0 bridgehead atoms. The summed E-state index contributed by atoms with van der Waals surface area (Å²) < 4.78 is 10.7. The Morgan fingerprint density at radius 3 is 2.87 bits per heavy atom. The van der Waals surface area contributed by atoms with E-state index in [9.17, 15) is 4.79 Å². The molecule has 1 unspecified atom stereocenters. The molecule has 0 aliphatic carbocycles. The topological polar surface area (TPSA) is 75.7 Å². The van der Waals surface area contributed by atoms with Crippen molar-refractivity contribution in [3.63, 3.8) is 0 Å². The van der Waals surface area contributed by atoms with E-state index in [2.05, 4.69) is 20.5 Å². The van der Waals surface area contributed by atoms with Crippen LogP contribution in [0.25, 0.3) is 0 Å². The zero-order valence-electron chi connectivity index (χ0n) is 13.3. The first-order valence-electron chi connectivity index (χ1n) is 8.17. The predicted octanol–water partition coefficient (Wildman–Crippen LogP) is -0.0871. The molecule has 1 amide bonds. The van der Waals surface area contributed by atoms with Crippen molar-refractivity contribution in [3.05, 3.63) is 23.9 Å². The van der Waals surface area contributed by atoms with E-state index < -0.39 is 0 Å². The molecule has 23 heavy (non-hydrogen) atoms. The summed E-state index contributed by atoms with van der Waals surface area (Å²) in [5, 5.41) is 6.22. The number of rotatable bonds is 5. The highest BCUT2D eigenvalue weighted by Gasteiger charge is 2.16. The molecule has 2 aliphatic heterocycles. The smallest absolute Gasteiger partial charge is 0.221 e. The lowest BCUT2D eigenvalue weighted by molar-refractivity contribution is -0.122. The molecule has 0 aromatic carbocycles. The fourth-order valence-corrected chi connectivity index (χ4v) is 2.75. The molecule has 3 rings (SSSR count). The van der Waals surface area contributed by atoms with Gasteiger partial charge in [-0.3, -0.25) is 4.79 Å². The van der Waals surface area contributed by atoms with Gasteiger partial charge in [-0.25, -0.2) is 4.98 Å². The van der Waals surface area contributed by atoms with Gasteiger partial charge in [0.05, 0.1) is 26.4 Å². The molecular weight excluding hydrogens is 296 g/mol. The fraction of sp³-hybridized carbons (Fsp3) is 0.625. The molecule has 1 aromatic heterocycles. The van der Waals surface area contributed by atoms with Gasteiger partial charge in [0.15, 0.2) is 0 Å². The van der Waals surface area contributed by atoms with Crippen molar-refractivity contribution in [1.29, 1.82) is 0 Å². The molecular formula is C16H24N4O3. The lowest BCUT2D eigenvalue weighted by Crippen LogP contribution is -2.44. The Balaban J connectivity index is 1.43. The van der Waals surface area contributed by atoms with Gasteiger partial charge >= 0.3 is 0 Å². The highest BCUT2D eigenvalue weighted by Crippen LogP contribution is 2.13. The molecule has 2 fully saturated rings. The summed E-state index contributed by atoms with van der Waals surface area (Å²) in [5.41, 5.74) is 1.00. The fourth-order valence-electron chi connectivity index (χ4n) is 2.75. The van der Waals surface area contributed by atoms with Gasteiger partial charge in [0.25, 0.3) is 0 Å². The van der Waals surface area contributed by atoms with Crippen LogP contribution in [0.15, 0.2) is 18.3 Å². The standard InChI is InChI=1S/C16H24N4O3/c21-16(9-14-12-23-6-3-17-14)19-11-13-1-2-15(18-10-13)20-4-7-22-8-5-20/h1-2,10,14,17H,3-9,11-12H2,(H,19,21).